The lowest BCUT2D eigenvalue weighted by Crippen LogP contribution is -3.00. The topological polar surface area (TPSA) is 50.8 Å². The van der Waals surface area contributed by atoms with E-state index >= 15 is 0 Å². The van der Waals surface area contributed by atoms with Crippen LogP contribution in [0.2, 0.25) is 0 Å². The Hall–Kier alpha value is -0.220. The molecule has 0 aromatic heterocycles. The number of quaternary nitrogens is 1. The molecular weight excluding hydrogens is 414 g/mol. The molecule has 0 saturated carbocycles. The lowest BCUT2D eigenvalue weighted by molar-refractivity contribution is -0.488. The third kappa shape index (κ3) is 23.8. The smallest absolute Gasteiger partial charge is 0.317 e. The van der Waals surface area contributed by atoms with Gasteiger partial charge in [0.2, 0.25) is 0 Å². The van der Waals surface area contributed by atoms with Gasteiger partial charge >= 0.3 is 11.8 Å². The molecule has 0 fully saturated rings. The van der Waals surface area contributed by atoms with E-state index in [0.717, 1.165) is 25.7 Å². The number of hydrogen-bond acceptors (Lipinski definition) is 2. The Kier molecular flexibility index (Phi) is 26.6. The summed E-state index contributed by atoms with van der Waals surface area (Å²) >= 11 is 0. The van der Waals surface area contributed by atoms with E-state index in [1.54, 1.807) is 0 Å². The van der Waals surface area contributed by atoms with Crippen LogP contribution >= 0.6 is 0 Å². The first-order chi connectivity index (χ1) is 13.2. The average Bonchev–Trinajstić information content (AvgIpc) is 2.65. The van der Waals surface area contributed by atoms with E-state index in [9.17, 15) is 9.59 Å². The summed E-state index contributed by atoms with van der Waals surface area (Å²) in [7, 11) is 0. The van der Waals surface area contributed by atoms with Gasteiger partial charge in [0, 0.05) is 0 Å². The Morgan fingerprint density at radius 2 is 0.714 bits per heavy atom. The molecule has 2 amide bonds. The van der Waals surface area contributed by atoms with Gasteiger partial charge in [-0.15, -0.1) is 0 Å². The summed E-state index contributed by atoms with van der Waals surface area (Å²) in [6.07, 6.45) is 23.7. The molecule has 28 heavy (non-hydrogen) atoms. The highest BCUT2D eigenvalue weighted by molar-refractivity contribution is 5.78. The van der Waals surface area contributed by atoms with Crippen LogP contribution in [-0.4, -0.2) is 11.8 Å². The number of rotatable bonds is 20. The summed E-state index contributed by atoms with van der Waals surface area (Å²) in [6.45, 7) is 4.49. The van der Waals surface area contributed by atoms with E-state index in [0.29, 0.717) is 12.8 Å². The van der Waals surface area contributed by atoms with Crippen LogP contribution in [0.4, 0.5) is 0 Å². The number of nitrogens with two attached hydrogens (primary N) is 1. The molecule has 0 aliphatic rings. The van der Waals surface area contributed by atoms with Crippen molar-refractivity contribution in [1.29, 1.82) is 0 Å². The fourth-order valence-corrected chi connectivity index (χ4v) is 3.54. The van der Waals surface area contributed by atoms with Gasteiger partial charge in [-0.05, 0) is 12.8 Å². The second kappa shape index (κ2) is 24.8. The van der Waals surface area contributed by atoms with Crippen molar-refractivity contribution in [2.45, 2.75) is 142 Å². The summed E-state index contributed by atoms with van der Waals surface area (Å²) < 4.78 is 0. The van der Waals surface area contributed by atoms with E-state index in [-0.39, 0.29) is 28.8 Å². The Balaban J connectivity index is 0. The van der Waals surface area contributed by atoms with Gasteiger partial charge < -0.3 is 17.0 Å². The first kappa shape index (κ1) is 30.0. The van der Waals surface area contributed by atoms with Crippen molar-refractivity contribution >= 4 is 11.8 Å². The molecule has 0 radical (unpaired) electrons. The van der Waals surface area contributed by atoms with E-state index < -0.39 is 0 Å². The fourth-order valence-electron chi connectivity index (χ4n) is 3.54. The quantitative estimate of drug-likeness (QED) is 0.282. The predicted molar refractivity (Wildman–Crippen MR) is 116 cm³/mol. The number of carbonyl (C=O) groups excluding carboxylic acids is 2. The lowest BCUT2D eigenvalue weighted by atomic mass is 10.1. The fraction of sp³-hybridized carbons (Fsp3) is 0.917. The van der Waals surface area contributed by atoms with Crippen LogP contribution in [0.3, 0.4) is 0 Å². The number of hydrogen-bond donors (Lipinski definition) is 1. The molecule has 0 spiro atoms. The monoisotopic (exact) mass is 461 g/mol. The number of halogens is 1. The predicted octanol–water partition coefficient (Wildman–Crippen LogP) is 3.45. The van der Waals surface area contributed by atoms with Gasteiger partial charge in [-0.25, -0.2) is 14.9 Å². The van der Waals surface area contributed by atoms with Crippen molar-refractivity contribution in [3.8, 4) is 0 Å². The minimum atomic E-state index is 0. The van der Waals surface area contributed by atoms with Gasteiger partial charge in [-0.3, -0.25) is 0 Å². The lowest BCUT2D eigenvalue weighted by Gasteiger charge is -2.02. The Bertz CT molecular complexity index is 315. The minimum Gasteiger partial charge on any atom is -1.00 e. The number of primary amides is 2. The zero-order chi connectivity index (χ0) is 20.0. The molecule has 0 rings (SSSR count). The van der Waals surface area contributed by atoms with Gasteiger partial charge in [-0.2, -0.15) is 0 Å². The first-order valence-corrected chi connectivity index (χ1v) is 12.1. The molecule has 0 aliphatic carbocycles. The highest BCUT2D eigenvalue weighted by atomic mass is 79.9. The number of imide groups is 1. The van der Waals surface area contributed by atoms with Crippen molar-refractivity contribution in [1.82, 2.24) is 0 Å². The maximum atomic E-state index is 11.8. The van der Waals surface area contributed by atoms with Crippen molar-refractivity contribution in [3.05, 3.63) is 0 Å². The molecule has 0 atom stereocenters. The normalized spacial score (nSPS) is 10.6. The average molecular weight is 463 g/mol. The van der Waals surface area contributed by atoms with Gasteiger partial charge in [-0.1, -0.05) is 117 Å². The van der Waals surface area contributed by atoms with E-state index in [4.69, 9.17) is 0 Å². The second-order valence-electron chi connectivity index (χ2n) is 8.23. The van der Waals surface area contributed by atoms with Crippen LogP contribution in [0.5, 0.6) is 0 Å². The summed E-state index contributed by atoms with van der Waals surface area (Å²) in [6, 6.07) is 0. The zero-order valence-electron chi connectivity index (χ0n) is 18.9. The molecule has 0 aromatic rings. The maximum absolute atomic E-state index is 11.8. The first-order valence-electron chi connectivity index (χ1n) is 12.1. The molecule has 0 bridgehead atoms. The number of amides is 2. The van der Waals surface area contributed by atoms with Crippen molar-refractivity contribution in [3.63, 3.8) is 0 Å². The van der Waals surface area contributed by atoms with Crippen LogP contribution in [0.1, 0.15) is 142 Å². The standard InChI is InChI=1S/C24H47NO2.BrH/c1-3-5-7-9-11-13-15-17-19-21-23(26)25-24(27)22-20-18-16-14-12-10-8-6-4-2;/h3-22H2,1-2H3,(H,25,26,27);1H. The molecule has 0 saturated heterocycles. The zero-order valence-corrected chi connectivity index (χ0v) is 20.5. The second-order valence-corrected chi connectivity index (χ2v) is 8.23. The van der Waals surface area contributed by atoms with Gasteiger partial charge in [0.1, 0.15) is 0 Å². The van der Waals surface area contributed by atoms with Crippen LogP contribution < -0.4 is 22.3 Å². The molecule has 0 aliphatic heterocycles. The van der Waals surface area contributed by atoms with Crippen LogP contribution in [0.25, 0.3) is 0 Å². The summed E-state index contributed by atoms with van der Waals surface area (Å²) in [5.41, 5.74) is 0. The maximum Gasteiger partial charge on any atom is 0.317 e. The summed E-state index contributed by atoms with van der Waals surface area (Å²) in [5.74, 6) is 0.0812. The number of carbonyl (C=O) groups is 2. The molecule has 4 heteroatoms. The SMILES string of the molecule is CCCCCCCCCCCC(=O)[NH2+]C(=O)CCCCCCCCCCC.[Br-]. The van der Waals surface area contributed by atoms with Gasteiger partial charge in [0.05, 0.1) is 12.8 Å². The van der Waals surface area contributed by atoms with Gasteiger partial charge in [0.15, 0.2) is 0 Å². The van der Waals surface area contributed by atoms with Crippen molar-refractivity contribution in [2.75, 3.05) is 0 Å². The van der Waals surface area contributed by atoms with Gasteiger partial charge in [0.25, 0.3) is 0 Å². The molecule has 0 aromatic carbocycles. The molecule has 3 nitrogen and oxygen atoms in total. The van der Waals surface area contributed by atoms with Crippen LogP contribution in [0.15, 0.2) is 0 Å². The highest BCUT2D eigenvalue weighted by Gasteiger charge is 2.12. The largest absolute Gasteiger partial charge is 1.00 e. The third-order valence-corrected chi connectivity index (χ3v) is 5.38. The summed E-state index contributed by atoms with van der Waals surface area (Å²) in [4.78, 5) is 23.7. The third-order valence-electron chi connectivity index (χ3n) is 5.38. The molecule has 0 unspecified atom stereocenters. The van der Waals surface area contributed by atoms with E-state index in [2.05, 4.69) is 13.8 Å². The van der Waals surface area contributed by atoms with Crippen molar-refractivity contribution < 1.29 is 31.9 Å². The Morgan fingerprint density at radius 1 is 0.464 bits per heavy atom. The molecular formula is C24H48BrNO2. The van der Waals surface area contributed by atoms with Crippen LogP contribution in [-0.2, 0) is 9.59 Å². The molecule has 2 N–H and O–H groups in total. The number of unbranched alkanes of at least 4 members (excludes halogenated alkanes) is 16. The van der Waals surface area contributed by atoms with E-state index in [1.165, 1.54) is 95.2 Å². The summed E-state index contributed by atoms with van der Waals surface area (Å²) in [5, 5.41) is 1.37. The van der Waals surface area contributed by atoms with Crippen LogP contribution in [0, 0.1) is 0 Å². The Morgan fingerprint density at radius 3 is 1.00 bits per heavy atom. The Labute approximate surface area is 186 Å². The van der Waals surface area contributed by atoms with E-state index in [1.807, 2.05) is 0 Å². The molecule has 0 heterocycles. The van der Waals surface area contributed by atoms with Crippen molar-refractivity contribution in [2.24, 2.45) is 0 Å². The highest BCUT2D eigenvalue weighted by Crippen LogP contribution is 2.11. The molecule has 168 valence electrons. The minimum absolute atomic E-state index is 0.